The number of carbonyl (C=O) groups is 1. The van der Waals surface area contributed by atoms with E-state index in [1.165, 1.54) is 0 Å². The Morgan fingerprint density at radius 1 is 1.39 bits per heavy atom. The maximum Gasteiger partial charge on any atom is 0.260 e. The van der Waals surface area contributed by atoms with Crippen molar-refractivity contribution < 1.29 is 4.79 Å². The van der Waals surface area contributed by atoms with Gasteiger partial charge in [-0.25, -0.2) is 0 Å². The Kier molecular flexibility index (Phi) is 2.94. The lowest BCUT2D eigenvalue weighted by atomic mass is 10.1. The SMILES string of the molecule is Cn1ccc(NC(=O)c2cnn(C(C)(C)C)c2)n1. The largest absolute Gasteiger partial charge is 0.305 e. The molecule has 0 aromatic carbocycles. The van der Waals surface area contributed by atoms with E-state index in [1.54, 1.807) is 41.1 Å². The van der Waals surface area contributed by atoms with Crippen LogP contribution in [0.25, 0.3) is 0 Å². The molecule has 0 atom stereocenters. The smallest absolute Gasteiger partial charge is 0.260 e. The zero-order valence-electron chi connectivity index (χ0n) is 11.0. The van der Waals surface area contributed by atoms with Crippen LogP contribution in [0.15, 0.2) is 24.7 Å². The van der Waals surface area contributed by atoms with Gasteiger partial charge < -0.3 is 5.32 Å². The number of carbonyl (C=O) groups excluding carboxylic acids is 1. The van der Waals surface area contributed by atoms with Crippen LogP contribution < -0.4 is 5.32 Å². The highest BCUT2D eigenvalue weighted by atomic mass is 16.1. The molecule has 0 radical (unpaired) electrons. The Labute approximate surface area is 106 Å². The van der Waals surface area contributed by atoms with Crippen molar-refractivity contribution in [2.45, 2.75) is 26.3 Å². The minimum atomic E-state index is -0.204. The second kappa shape index (κ2) is 4.29. The van der Waals surface area contributed by atoms with Gasteiger partial charge >= 0.3 is 0 Å². The van der Waals surface area contributed by atoms with E-state index in [9.17, 15) is 4.79 Å². The van der Waals surface area contributed by atoms with Crippen LogP contribution in [0, 0.1) is 0 Å². The summed E-state index contributed by atoms with van der Waals surface area (Å²) in [4.78, 5) is 11.9. The molecular weight excluding hydrogens is 230 g/mol. The third-order valence-electron chi connectivity index (χ3n) is 2.49. The van der Waals surface area contributed by atoms with Gasteiger partial charge in [-0.3, -0.25) is 14.2 Å². The number of hydrogen-bond donors (Lipinski definition) is 1. The van der Waals surface area contributed by atoms with Crippen LogP contribution in [-0.2, 0) is 12.6 Å². The number of anilines is 1. The molecule has 96 valence electrons. The quantitative estimate of drug-likeness (QED) is 0.877. The molecule has 2 aromatic heterocycles. The molecule has 6 heteroatoms. The van der Waals surface area contributed by atoms with Crippen LogP contribution in [0.5, 0.6) is 0 Å². The van der Waals surface area contributed by atoms with Gasteiger partial charge in [-0.1, -0.05) is 0 Å². The summed E-state index contributed by atoms with van der Waals surface area (Å²) in [6, 6.07) is 1.74. The van der Waals surface area contributed by atoms with E-state index in [0.717, 1.165) is 0 Å². The van der Waals surface area contributed by atoms with Crippen LogP contribution in [0.1, 0.15) is 31.1 Å². The molecule has 0 saturated heterocycles. The maximum atomic E-state index is 11.9. The molecule has 2 rings (SSSR count). The zero-order valence-corrected chi connectivity index (χ0v) is 11.0. The molecule has 6 nitrogen and oxygen atoms in total. The van der Waals surface area contributed by atoms with Gasteiger partial charge in [0.1, 0.15) is 0 Å². The zero-order chi connectivity index (χ0) is 13.3. The molecule has 0 spiro atoms. The minimum absolute atomic E-state index is 0.135. The fraction of sp³-hybridized carbons (Fsp3) is 0.417. The molecule has 0 bridgehead atoms. The molecule has 1 amide bonds. The molecule has 0 saturated carbocycles. The van der Waals surface area contributed by atoms with Crippen molar-refractivity contribution in [3.63, 3.8) is 0 Å². The summed E-state index contributed by atoms with van der Waals surface area (Å²) in [5.74, 6) is 0.329. The maximum absolute atomic E-state index is 11.9. The first-order valence-corrected chi connectivity index (χ1v) is 5.72. The highest BCUT2D eigenvalue weighted by molar-refractivity contribution is 6.03. The molecule has 0 fully saturated rings. The molecule has 0 unspecified atom stereocenters. The molecular formula is C12H17N5O. The van der Waals surface area contributed by atoms with Gasteiger partial charge in [0.05, 0.1) is 17.3 Å². The van der Waals surface area contributed by atoms with Crippen LogP contribution in [0.4, 0.5) is 5.82 Å². The van der Waals surface area contributed by atoms with Crippen LogP contribution >= 0.6 is 0 Å². The first-order chi connectivity index (χ1) is 8.36. The van der Waals surface area contributed by atoms with E-state index < -0.39 is 0 Å². The summed E-state index contributed by atoms with van der Waals surface area (Å²) in [7, 11) is 1.80. The van der Waals surface area contributed by atoms with Crippen LogP contribution in [0.3, 0.4) is 0 Å². The van der Waals surface area contributed by atoms with Gasteiger partial charge in [-0.15, -0.1) is 0 Å². The second-order valence-corrected chi connectivity index (χ2v) is 5.17. The fourth-order valence-corrected chi connectivity index (χ4v) is 1.48. The first kappa shape index (κ1) is 12.3. The van der Waals surface area contributed by atoms with Crippen LogP contribution in [-0.4, -0.2) is 25.5 Å². The van der Waals surface area contributed by atoms with E-state index in [1.807, 2.05) is 20.8 Å². The summed E-state index contributed by atoms with van der Waals surface area (Å²) in [6.07, 6.45) is 5.07. The normalized spacial score (nSPS) is 11.6. The van der Waals surface area contributed by atoms with E-state index in [0.29, 0.717) is 11.4 Å². The number of aromatic nitrogens is 4. The number of rotatable bonds is 2. The number of hydrogen-bond acceptors (Lipinski definition) is 3. The lowest BCUT2D eigenvalue weighted by Crippen LogP contribution is -2.22. The first-order valence-electron chi connectivity index (χ1n) is 5.72. The van der Waals surface area contributed by atoms with E-state index in [-0.39, 0.29) is 11.4 Å². The molecule has 18 heavy (non-hydrogen) atoms. The molecule has 0 aliphatic carbocycles. The Bertz CT molecular complexity index is 561. The number of amides is 1. The number of aryl methyl sites for hydroxylation is 1. The van der Waals surface area contributed by atoms with Gasteiger partial charge in [-0.2, -0.15) is 10.2 Å². The van der Waals surface area contributed by atoms with Crippen molar-refractivity contribution in [3.05, 3.63) is 30.2 Å². The average molecular weight is 247 g/mol. The molecule has 0 aliphatic rings. The van der Waals surface area contributed by atoms with Crippen molar-refractivity contribution in [1.29, 1.82) is 0 Å². The molecule has 2 aromatic rings. The van der Waals surface area contributed by atoms with Gasteiger partial charge in [-0.05, 0) is 20.8 Å². The van der Waals surface area contributed by atoms with Crippen molar-refractivity contribution in [3.8, 4) is 0 Å². The summed E-state index contributed by atoms with van der Waals surface area (Å²) in [5.41, 5.74) is 0.388. The van der Waals surface area contributed by atoms with E-state index >= 15 is 0 Å². The standard InChI is InChI=1S/C12H17N5O/c1-12(2,3)17-8-9(7-13-17)11(18)14-10-5-6-16(4)15-10/h5-8H,1-4H3,(H,14,15,18). The van der Waals surface area contributed by atoms with Crippen molar-refractivity contribution in [1.82, 2.24) is 19.6 Å². The lowest BCUT2D eigenvalue weighted by molar-refractivity contribution is 0.102. The summed E-state index contributed by atoms with van der Waals surface area (Å²) in [6.45, 7) is 6.08. The molecule has 2 heterocycles. The Morgan fingerprint density at radius 3 is 2.61 bits per heavy atom. The van der Waals surface area contributed by atoms with Crippen molar-refractivity contribution in [2.75, 3.05) is 5.32 Å². The highest BCUT2D eigenvalue weighted by Gasteiger charge is 2.17. The van der Waals surface area contributed by atoms with Crippen molar-refractivity contribution in [2.24, 2.45) is 7.05 Å². The van der Waals surface area contributed by atoms with Crippen molar-refractivity contribution >= 4 is 11.7 Å². The lowest BCUT2D eigenvalue weighted by Gasteiger charge is -2.18. The third kappa shape index (κ3) is 2.58. The number of nitrogens with one attached hydrogen (secondary N) is 1. The molecule has 1 N–H and O–H groups in total. The van der Waals surface area contributed by atoms with Gasteiger partial charge in [0.2, 0.25) is 0 Å². The Balaban J connectivity index is 2.12. The van der Waals surface area contributed by atoms with Gasteiger partial charge in [0.15, 0.2) is 5.82 Å². The molecule has 0 aliphatic heterocycles. The summed E-state index contributed by atoms with van der Waals surface area (Å²) in [5, 5.41) is 11.0. The van der Waals surface area contributed by atoms with E-state index in [2.05, 4.69) is 15.5 Å². The Morgan fingerprint density at radius 2 is 2.11 bits per heavy atom. The number of nitrogens with zero attached hydrogens (tertiary/aromatic N) is 4. The van der Waals surface area contributed by atoms with Gasteiger partial charge in [0.25, 0.3) is 5.91 Å². The van der Waals surface area contributed by atoms with Gasteiger partial charge in [0, 0.05) is 25.5 Å². The predicted molar refractivity (Wildman–Crippen MR) is 68.4 cm³/mol. The van der Waals surface area contributed by atoms with Crippen LogP contribution in [0.2, 0.25) is 0 Å². The second-order valence-electron chi connectivity index (χ2n) is 5.17. The minimum Gasteiger partial charge on any atom is -0.305 e. The topological polar surface area (TPSA) is 64.7 Å². The monoisotopic (exact) mass is 247 g/mol. The third-order valence-corrected chi connectivity index (χ3v) is 2.49. The van der Waals surface area contributed by atoms with E-state index in [4.69, 9.17) is 0 Å². The predicted octanol–water partition coefficient (Wildman–Crippen LogP) is 1.62. The summed E-state index contributed by atoms with van der Waals surface area (Å²) >= 11 is 0. The highest BCUT2D eigenvalue weighted by Crippen LogP contribution is 2.14. The Hall–Kier alpha value is -2.11. The average Bonchev–Trinajstić information content (AvgIpc) is 2.85. The fourth-order valence-electron chi connectivity index (χ4n) is 1.48. The summed E-state index contributed by atoms with van der Waals surface area (Å²) < 4.78 is 3.40.